The van der Waals surface area contributed by atoms with Gasteiger partial charge in [0, 0.05) is 27.8 Å². The summed E-state index contributed by atoms with van der Waals surface area (Å²) >= 11 is 5.86. The number of sulfonamides is 1. The summed E-state index contributed by atoms with van der Waals surface area (Å²) < 4.78 is 29.9. The van der Waals surface area contributed by atoms with Gasteiger partial charge in [0.15, 0.2) is 5.82 Å². The van der Waals surface area contributed by atoms with Gasteiger partial charge in [-0.3, -0.25) is 9.52 Å². The van der Waals surface area contributed by atoms with E-state index >= 15 is 0 Å². The van der Waals surface area contributed by atoms with Crippen molar-refractivity contribution in [1.82, 2.24) is 19.6 Å². The largest absolute Gasteiger partial charge is 0.326 e. The molecule has 0 spiro atoms. The maximum Gasteiger partial charge on any atom is 0.262 e. The molecule has 0 aliphatic heterocycles. The fourth-order valence-corrected chi connectivity index (χ4v) is 4.78. The summed E-state index contributed by atoms with van der Waals surface area (Å²) in [6.45, 7) is 5.42. The molecule has 11 heteroatoms. The number of benzene rings is 2. The smallest absolute Gasteiger partial charge is 0.262 e. The van der Waals surface area contributed by atoms with Crippen LogP contribution in [0, 0.1) is 20.8 Å². The molecule has 0 aliphatic carbocycles. The number of aryl methyl sites for hydroxylation is 3. The van der Waals surface area contributed by atoms with Crippen molar-refractivity contribution in [2.45, 2.75) is 32.1 Å². The lowest BCUT2D eigenvalue weighted by molar-refractivity contribution is -0.115. The molecule has 0 aliphatic rings. The van der Waals surface area contributed by atoms with Crippen LogP contribution in [0.4, 0.5) is 11.4 Å². The van der Waals surface area contributed by atoms with Crippen LogP contribution in [0.15, 0.2) is 53.4 Å². The Morgan fingerprint density at radius 1 is 1.00 bits per heavy atom. The highest BCUT2D eigenvalue weighted by Crippen LogP contribution is 2.24. The van der Waals surface area contributed by atoms with Gasteiger partial charge in [0.05, 0.1) is 11.3 Å². The minimum Gasteiger partial charge on any atom is -0.326 e. The molecule has 0 fully saturated rings. The zero-order valence-electron chi connectivity index (χ0n) is 18.1. The van der Waals surface area contributed by atoms with Crippen molar-refractivity contribution >= 4 is 44.7 Å². The fourth-order valence-electron chi connectivity index (χ4n) is 3.33. The first-order valence-corrected chi connectivity index (χ1v) is 11.9. The summed E-state index contributed by atoms with van der Waals surface area (Å²) in [4.78, 5) is 21.3. The van der Waals surface area contributed by atoms with Gasteiger partial charge in [-0.05, 0) is 68.8 Å². The lowest BCUT2D eigenvalue weighted by atomic mass is 10.2. The third-order valence-corrected chi connectivity index (χ3v) is 6.61. The van der Waals surface area contributed by atoms with E-state index in [-0.39, 0.29) is 17.2 Å². The minimum absolute atomic E-state index is 0.0522. The van der Waals surface area contributed by atoms with Crippen molar-refractivity contribution in [3.63, 3.8) is 0 Å². The first-order chi connectivity index (χ1) is 15.6. The number of anilines is 2. The van der Waals surface area contributed by atoms with Crippen LogP contribution in [-0.4, -0.2) is 33.9 Å². The normalized spacial score (nSPS) is 11.5. The second kappa shape index (κ2) is 8.80. The van der Waals surface area contributed by atoms with Gasteiger partial charge in [-0.2, -0.15) is 4.98 Å². The van der Waals surface area contributed by atoms with E-state index in [1.807, 2.05) is 19.9 Å². The Morgan fingerprint density at radius 2 is 1.70 bits per heavy atom. The summed E-state index contributed by atoms with van der Waals surface area (Å²) in [7, 11) is -3.88. The number of nitrogens with zero attached hydrogens (tertiary/aromatic N) is 4. The number of hydrogen-bond acceptors (Lipinski definition) is 6. The van der Waals surface area contributed by atoms with E-state index in [2.05, 4.69) is 25.1 Å². The van der Waals surface area contributed by atoms with E-state index in [0.29, 0.717) is 33.6 Å². The topological polar surface area (TPSA) is 118 Å². The number of hydrogen-bond donors (Lipinski definition) is 2. The first-order valence-electron chi connectivity index (χ1n) is 9.99. The summed E-state index contributed by atoms with van der Waals surface area (Å²) in [5, 5.41) is 7.54. The lowest BCUT2D eigenvalue weighted by Crippen LogP contribution is -2.17. The van der Waals surface area contributed by atoms with Gasteiger partial charge in [0.1, 0.15) is 0 Å². The number of nitrogens with one attached hydrogen (secondary N) is 2. The summed E-state index contributed by atoms with van der Waals surface area (Å²) in [5.41, 5.74) is 2.93. The molecule has 0 bridgehead atoms. The van der Waals surface area contributed by atoms with Gasteiger partial charge in [-0.25, -0.2) is 17.9 Å². The number of amides is 1. The van der Waals surface area contributed by atoms with Gasteiger partial charge in [-0.15, -0.1) is 5.10 Å². The zero-order chi connectivity index (χ0) is 23.8. The van der Waals surface area contributed by atoms with Crippen LogP contribution in [0.5, 0.6) is 0 Å². The molecule has 33 heavy (non-hydrogen) atoms. The van der Waals surface area contributed by atoms with E-state index in [0.717, 1.165) is 11.4 Å². The van der Waals surface area contributed by atoms with Crippen LogP contribution < -0.4 is 10.0 Å². The van der Waals surface area contributed by atoms with Crippen molar-refractivity contribution in [1.29, 1.82) is 0 Å². The van der Waals surface area contributed by atoms with Crippen molar-refractivity contribution in [3.05, 3.63) is 76.3 Å². The zero-order valence-corrected chi connectivity index (χ0v) is 19.7. The third-order valence-electron chi connectivity index (χ3n) is 4.84. The number of carbonyl (C=O) groups is 1. The Hall–Kier alpha value is -3.50. The van der Waals surface area contributed by atoms with E-state index in [4.69, 9.17) is 11.6 Å². The van der Waals surface area contributed by atoms with E-state index in [1.54, 1.807) is 47.8 Å². The Bertz CT molecular complexity index is 1470. The molecule has 0 saturated carbocycles. The predicted molar refractivity (Wildman–Crippen MR) is 126 cm³/mol. The van der Waals surface area contributed by atoms with E-state index in [1.165, 1.54) is 6.07 Å². The van der Waals surface area contributed by atoms with Crippen LogP contribution in [0.3, 0.4) is 0 Å². The molecule has 0 unspecified atom stereocenters. The van der Waals surface area contributed by atoms with Gasteiger partial charge in [-0.1, -0.05) is 17.7 Å². The highest BCUT2D eigenvalue weighted by atomic mass is 35.5. The van der Waals surface area contributed by atoms with Gasteiger partial charge >= 0.3 is 0 Å². The van der Waals surface area contributed by atoms with Crippen molar-refractivity contribution in [2.24, 2.45) is 0 Å². The number of aromatic nitrogens is 4. The second-order valence-corrected chi connectivity index (χ2v) is 9.68. The van der Waals surface area contributed by atoms with Gasteiger partial charge in [0.25, 0.3) is 15.8 Å². The van der Waals surface area contributed by atoms with Gasteiger partial charge in [0.2, 0.25) is 5.91 Å². The molecule has 9 nitrogen and oxygen atoms in total. The molecule has 0 atom stereocenters. The Labute approximate surface area is 195 Å². The number of fused-ring (bicyclic) bond motifs is 1. The van der Waals surface area contributed by atoms with Crippen LogP contribution in [0.2, 0.25) is 5.02 Å². The predicted octanol–water partition coefficient (Wildman–Crippen LogP) is 3.68. The molecule has 2 heterocycles. The quantitative estimate of drug-likeness (QED) is 0.431. The third kappa shape index (κ3) is 5.12. The standard InChI is InChI=1S/C22H21ClN6O3S/c1-13-4-7-18(11-19(13)33(31,32)28-17-8-5-16(23)6-9-17)25-21(30)12-20-26-22-24-14(2)10-15(3)29(22)27-20/h4-11,28H,12H2,1-3H3,(H,25,30). The molecule has 170 valence electrons. The van der Waals surface area contributed by atoms with E-state index in [9.17, 15) is 13.2 Å². The fraction of sp³-hybridized carbons (Fsp3) is 0.182. The SMILES string of the molecule is Cc1cc(C)n2nc(CC(=O)Nc3ccc(C)c(S(=O)(=O)Nc4ccc(Cl)cc4)c3)nc2n1. The number of carbonyl (C=O) groups excluding carboxylic acids is 1. The second-order valence-electron chi connectivity index (χ2n) is 7.60. The molecule has 2 aromatic heterocycles. The highest BCUT2D eigenvalue weighted by Gasteiger charge is 2.19. The molecular formula is C22H21ClN6O3S. The summed E-state index contributed by atoms with van der Waals surface area (Å²) in [6.07, 6.45) is -0.0825. The first kappa shape index (κ1) is 22.7. The molecule has 0 saturated heterocycles. The van der Waals surface area contributed by atoms with Gasteiger partial charge < -0.3 is 5.32 Å². The Morgan fingerprint density at radius 3 is 2.42 bits per heavy atom. The summed E-state index contributed by atoms with van der Waals surface area (Å²) in [6, 6.07) is 12.9. The Balaban J connectivity index is 1.52. The van der Waals surface area contributed by atoms with Crippen LogP contribution >= 0.6 is 11.6 Å². The monoisotopic (exact) mass is 484 g/mol. The summed E-state index contributed by atoms with van der Waals surface area (Å²) in [5.74, 6) is 0.364. The molecule has 2 aromatic carbocycles. The molecule has 1 amide bonds. The average Bonchev–Trinajstić information content (AvgIpc) is 3.13. The number of rotatable bonds is 6. The number of halogens is 1. The molecule has 2 N–H and O–H groups in total. The molecular weight excluding hydrogens is 464 g/mol. The average molecular weight is 485 g/mol. The lowest BCUT2D eigenvalue weighted by Gasteiger charge is -2.12. The molecule has 4 aromatic rings. The Kier molecular flexibility index (Phi) is 6.05. The molecule has 0 radical (unpaired) electrons. The van der Waals surface area contributed by atoms with Crippen LogP contribution in [-0.2, 0) is 21.2 Å². The minimum atomic E-state index is -3.88. The highest BCUT2D eigenvalue weighted by molar-refractivity contribution is 7.92. The van der Waals surface area contributed by atoms with Crippen molar-refractivity contribution in [3.8, 4) is 0 Å². The maximum absolute atomic E-state index is 12.9. The van der Waals surface area contributed by atoms with Crippen LogP contribution in [0.1, 0.15) is 22.8 Å². The van der Waals surface area contributed by atoms with Crippen molar-refractivity contribution in [2.75, 3.05) is 10.0 Å². The molecule has 4 rings (SSSR count). The van der Waals surface area contributed by atoms with E-state index < -0.39 is 10.0 Å². The van der Waals surface area contributed by atoms with Crippen molar-refractivity contribution < 1.29 is 13.2 Å². The van der Waals surface area contributed by atoms with Crippen LogP contribution in [0.25, 0.3) is 5.78 Å². The maximum atomic E-state index is 12.9.